The van der Waals surface area contributed by atoms with Crippen molar-refractivity contribution in [2.75, 3.05) is 19.8 Å². The van der Waals surface area contributed by atoms with Gasteiger partial charge in [0, 0.05) is 0 Å². The van der Waals surface area contributed by atoms with Crippen LogP contribution in [0.3, 0.4) is 0 Å². The first kappa shape index (κ1) is 15.9. The van der Waals surface area contributed by atoms with Gasteiger partial charge in [0.1, 0.15) is 29.4 Å². The molecule has 0 saturated heterocycles. The van der Waals surface area contributed by atoms with Crippen molar-refractivity contribution in [3.8, 4) is 11.5 Å². The third-order valence-electron chi connectivity index (χ3n) is 3.05. The molecule has 118 valence electrons. The van der Waals surface area contributed by atoms with Crippen LogP contribution in [0.5, 0.6) is 11.5 Å². The van der Waals surface area contributed by atoms with Gasteiger partial charge in [-0.2, -0.15) is 0 Å². The number of benzene rings is 1. The largest absolute Gasteiger partial charge is 0.494 e. The van der Waals surface area contributed by atoms with Crippen LogP contribution in [0, 0.1) is 13.8 Å². The third kappa shape index (κ3) is 4.00. The number of nitrogens with one attached hydrogen (secondary N) is 1. The summed E-state index contributed by atoms with van der Waals surface area (Å²) in [5.74, 6) is 1.85. The molecule has 0 aliphatic heterocycles. The van der Waals surface area contributed by atoms with Crippen LogP contribution in [0.2, 0.25) is 0 Å². The van der Waals surface area contributed by atoms with Crippen molar-refractivity contribution in [2.45, 2.75) is 20.8 Å². The van der Waals surface area contributed by atoms with Crippen LogP contribution in [0.15, 0.2) is 28.8 Å². The topological polar surface area (TPSA) is 73.6 Å². The molecule has 0 aliphatic rings. The van der Waals surface area contributed by atoms with Crippen LogP contribution < -0.4 is 14.8 Å². The molecular formula is C16H20N2O4. The highest BCUT2D eigenvalue weighted by atomic mass is 16.5. The standard InChI is InChI=1S/C16H20N2O4/c1-4-20-13-5-7-14(8-6-13)21-10-9-17-16(19)15-11(2)18-22-12(15)3/h5-8H,4,9-10H2,1-3H3,(H,17,19). The van der Waals surface area contributed by atoms with Gasteiger partial charge in [-0.15, -0.1) is 0 Å². The fraction of sp³-hybridized carbons (Fsp3) is 0.375. The smallest absolute Gasteiger partial charge is 0.256 e. The van der Waals surface area contributed by atoms with Gasteiger partial charge in [-0.25, -0.2) is 0 Å². The van der Waals surface area contributed by atoms with Crippen LogP contribution in [0.4, 0.5) is 0 Å². The van der Waals surface area contributed by atoms with E-state index < -0.39 is 0 Å². The zero-order valence-electron chi connectivity index (χ0n) is 13.0. The summed E-state index contributed by atoms with van der Waals surface area (Å²) in [5, 5.41) is 6.54. The molecule has 0 atom stereocenters. The second-order valence-electron chi connectivity index (χ2n) is 4.71. The lowest BCUT2D eigenvalue weighted by Crippen LogP contribution is -2.28. The average molecular weight is 304 g/mol. The van der Waals surface area contributed by atoms with Gasteiger partial charge >= 0.3 is 0 Å². The van der Waals surface area contributed by atoms with Crippen LogP contribution in [0.25, 0.3) is 0 Å². The lowest BCUT2D eigenvalue weighted by atomic mass is 10.2. The van der Waals surface area contributed by atoms with E-state index in [-0.39, 0.29) is 5.91 Å². The van der Waals surface area contributed by atoms with E-state index in [9.17, 15) is 4.79 Å². The first-order valence-electron chi connectivity index (χ1n) is 7.18. The maximum Gasteiger partial charge on any atom is 0.256 e. The molecule has 22 heavy (non-hydrogen) atoms. The fourth-order valence-corrected chi connectivity index (χ4v) is 2.03. The molecule has 0 saturated carbocycles. The van der Waals surface area contributed by atoms with Crippen molar-refractivity contribution >= 4 is 5.91 Å². The Kier molecular flexibility index (Phi) is 5.41. The van der Waals surface area contributed by atoms with E-state index in [0.29, 0.717) is 36.8 Å². The summed E-state index contributed by atoms with van der Waals surface area (Å²) in [4.78, 5) is 12.0. The molecule has 1 amide bonds. The van der Waals surface area contributed by atoms with Crippen LogP contribution >= 0.6 is 0 Å². The number of hydrogen-bond donors (Lipinski definition) is 1. The second-order valence-corrected chi connectivity index (χ2v) is 4.71. The third-order valence-corrected chi connectivity index (χ3v) is 3.05. The van der Waals surface area contributed by atoms with Crippen LogP contribution in [-0.2, 0) is 0 Å². The highest BCUT2D eigenvalue weighted by Gasteiger charge is 2.16. The molecule has 1 aromatic heterocycles. The normalized spacial score (nSPS) is 10.3. The molecule has 0 spiro atoms. The van der Waals surface area contributed by atoms with Gasteiger partial charge in [0.25, 0.3) is 5.91 Å². The van der Waals surface area contributed by atoms with Crippen molar-refractivity contribution in [2.24, 2.45) is 0 Å². The van der Waals surface area contributed by atoms with Crippen molar-refractivity contribution in [3.63, 3.8) is 0 Å². The minimum Gasteiger partial charge on any atom is -0.494 e. The van der Waals surface area contributed by atoms with Crippen molar-refractivity contribution < 1.29 is 18.8 Å². The number of carbonyl (C=O) groups is 1. The summed E-state index contributed by atoms with van der Waals surface area (Å²) in [6, 6.07) is 7.37. The number of ether oxygens (including phenoxy) is 2. The number of hydrogen-bond acceptors (Lipinski definition) is 5. The predicted molar refractivity (Wildman–Crippen MR) is 81.4 cm³/mol. The fourth-order valence-electron chi connectivity index (χ4n) is 2.03. The monoisotopic (exact) mass is 304 g/mol. The highest BCUT2D eigenvalue weighted by Crippen LogP contribution is 2.17. The maximum absolute atomic E-state index is 12.0. The zero-order chi connectivity index (χ0) is 15.9. The number of aromatic nitrogens is 1. The molecule has 2 aromatic rings. The van der Waals surface area contributed by atoms with Crippen LogP contribution in [0.1, 0.15) is 28.7 Å². The summed E-state index contributed by atoms with van der Waals surface area (Å²) in [5.41, 5.74) is 1.07. The molecular weight excluding hydrogens is 284 g/mol. The van der Waals surface area contributed by atoms with E-state index in [1.807, 2.05) is 31.2 Å². The van der Waals surface area contributed by atoms with E-state index in [2.05, 4.69) is 10.5 Å². The first-order chi connectivity index (χ1) is 10.6. The quantitative estimate of drug-likeness (QED) is 0.796. The maximum atomic E-state index is 12.0. The predicted octanol–water partition coefficient (Wildman–Crippen LogP) is 2.50. The van der Waals surface area contributed by atoms with E-state index in [0.717, 1.165) is 11.5 Å². The Bertz CT molecular complexity index is 600. The second kappa shape index (κ2) is 7.49. The van der Waals surface area contributed by atoms with Crippen molar-refractivity contribution in [1.29, 1.82) is 0 Å². The summed E-state index contributed by atoms with van der Waals surface area (Å²) >= 11 is 0. The molecule has 1 heterocycles. The van der Waals surface area contributed by atoms with Gasteiger partial charge < -0.3 is 19.3 Å². The number of amides is 1. The van der Waals surface area contributed by atoms with Gasteiger partial charge in [0.05, 0.1) is 18.8 Å². The van der Waals surface area contributed by atoms with Crippen molar-refractivity contribution in [1.82, 2.24) is 10.5 Å². The minimum absolute atomic E-state index is 0.202. The van der Waals surface area contributed by atoms with E-state index in [1.165, 1.54) is 0 Å². The van der Waals surface area contributed by atoms with Gasteiger partial charge in [0.15, 0.2) is 0 Å². The number of carbonyl (C=O) groups excluding carboxylic acids is 1. The molecule has 2 rings (SSSR count). The SMILES string of the molecule is CCOc1ccc(OCCNC(=O)c2c(C)noc2C)cc1. The Hall–Kier alpha value is -2.50. The zero-order valence-corrected chi connectivity index (χ0v) is 13.0. The van der Waals surface area contributed by atoms with E-state index in [1.54, 1.807) is 13.8 Å². The van der Waals surface area contributed by atoms with E-state index >= 15 is 0 Å². The van der Waals surface area contributed by atoms with Gasteiger partial charge in [-0.05, 0) is 45.0 Å². The van der Waals surface area contributed by atoms with Crippen LogP contribution in [-0.4, -0.2) is 30.8 Å². The average Bonchev–Trinajstić information content (AvgIpc) is 2.84. The summed E-state index contributed by atoms with van der Waals surface area (Å²) < 4.78 is 15.9. The minimum atomic E-state index is -0.202. The Morgan fingerprint density at radius 2 is 1.82 bits per heavy atom. The highest BCUT2D eigenvalue weighted by molar-refractivity contribution is 5.96. The lowest BCUT2D eigenvalue weighted by Gasteiger charge is -2.08. The number of nitrogens with zero attached hydrogens (tertiary/aromatic N) is 1. The summed E-state index contributed by atoms with van der Waals surface area (Å²) in [7, 11) is 0. The lowest BCUT2D eigenvalue weighted by molar-refractivity contribution is 0.0945. The summed E-state index contributed by atoms with van der Waals surface area (Å²) in [6.45, 7) is 6.80. The molecule has 0 aliphatic carbocycles. The first-order valence-corrected chi connectivity index (χ1v) is 7.18. The molecule has 0 unspecified atom stereocenters. The Labute approximate surface area is 129 Å². The number of rotatable bonds is 7. The van der Waals surface area contributed by atoms with Gasteiger partial charge in [-0.3, -0.25) is 4.79 Å². The molecule has 6 nitrogen and oxygen atoms in total. The van der Waals surface area contributed by atoms with E-state index in [4.69, 9.17) is 14.0 Å². The molecule has 6 heteroatoms. The summed E-state index contributed by atoms with van der Waals surface area (Å²) in [6.07, 6.45) is 0. The Balaban J connectivity index is 1.76. The molecule has 1 N–H and O–H groups in total. The number of aryl methyl sites for hydroxylation is 2. The van der Waals surface area contributed by atoms with Crippen molar-refractivity contribution in [3.05, 3.63) is 41.3 Å². The molecule has 0 radical (unpaired) electrons. The molecule has 0 fully saturated rings. The van der Waals surface area contributed by atoms with Gasteiger partial charge in [0.2, 0.25) is 0 Å². The Morgan fingerprint density at radius 3 is 2.36 bits per heavy atom. The van der Waals surface area contributed by atoms with Gasteiger partial charge in [-0.1, -0.05) is 5.16 Å². The Morgan fingerprint density at radius 1 is 1.18 bits per heavy atom. The molecule has 0 bridgehead atoms. The molecule has 1 aromatic carbocycles.